The van der Waals surface area contributed by atoms with Gasteiger partial charge in [-0.05, 0) is 37.1 Å². The van der Waals surface area contributed by atoms with Crippen LogP contribution in [0.1, 0.15) is 46.5 Å². The number of carbonyl (C=O) groups is 2. The van der Waals surface area contributed by atoms with Crippen LogP contribution in [-0.2, 0) is 6.54 Å². The van der Waals surface area contributed by atoms with Crippen LogP contribution in [0.25, 0.3) is 0 Å². The smallest absolute Gasteiger partial charge is 0.255 e. The van der Waals surface area contributed by atoms with E-state index in [9.17, 15) is 9.59 Å². The van der Waals surface area contributed by atoms with Gasteiger partial charge in [0.1, 0.15) is 5.75 Å². The van der Waals surface area contributed by atoms with E-state index in [-0.39, 0.29) is 29.4 Å². The summed E-state index contributed by atoms with van der Waals surface area (Å²) in [6.07, 6.45) is 0.855. The molecule has 2 amide bonds. The minimum absolute atomic E-state index is 0.101. The van der Waals surface area contributed by atoms with Crippen LogP contribution in [0.15, 0.2) is 36.4 Å². The molecule has 0 aliphatic carbocycles. The van der Waals surface area contributed by atoms with Gasteiger partial charge >= 0.3 is 0 Å². The quantitative estimate of drug-likeness (QED) is 0.633. The Hall–Kier alpha value is -2.73. The van der Waals surface area contributed by atoms with Crippen LogP contribution >= 0.6 is 11.6 Å². The van der Waals surface area contributed by atoms with Gasteiger partial charge in [-0.1, -0.05) is 30.7 Å². The third-order valence-electron chi connectivity index (χ3n) is 4.20. The van der Waals surface area contributed by atoms with Crippen molar-refractivity contribution in [3.05, 3.63) is 58.1 Å². The van der Waals surface area contributed by atoms with Crippen LogP contribution in [0.5, 0.6) is 5.75 Å². The summed E-state index contributed by atoms with van der Waals surface area (Å²) in [6, 6.07) is 10.2. The molecule has 2 aromatic carbocycles. The fourth-order valence-corrected chi connectivity index (χ4v) is 2.59. The van der Waals surface area contributed by atoms with Crippen molar-refractivity contribution < 1.29 is 14.3 Å². The van der Waals surface area contributed by atoms with Crippen molar-refractivity contribution >= 4 is 29.1 Å². The molecule has 0 heterocycles. The van der Waals surface area contributed by atoms with Gasteiger partial charge in [0.05, 0.1) is 23.4 Å². The molecule has 4 N–H and O–H groups in total. The van der Waals surface area contributed by atoms with Gasteiger partial charge in [-0.3, -0.25) is 9.59 Å². The number of benzene rings is 2. The Morgan fingerprint density at radius 1 is 1.22 bits per heavy atom. The Balaban J connectivity index is 2.09. The normalized spacial score (nSPS) is 11.6. The minimum atomic E-state index is -0.344. The van der Waals surface area contributed by atoms with E-state index in [1.54, 1.807) is 18.2 Å². The highest BCUT2D eigenvalue weighted by Crippen LogP contribution is 2.28. The van der Waals surface area contributed by atoms with Crippen molar-refractivity contribution in [3.63, 3.8) is 0 Å². The van der Waals surface area contributed by atoms with Crippen molar-refractivity contribution in [1.82, 2.24) is 10.6 Å². The maximum atomic E-state index is 12.5. The Morgan fingerprint density at radius 3 is 2.63 bits per heavy atom. The Bertz CT molecular complexity index is 839. The molecule has 7 heteroatoms. The third kappa shape index (κ3) is 5.37. The van der Waals surface area contributed by atoms with Crippen molar-refractivity contribution in [2.24, 2.45) is 0 Å². The maximum Gasteiger partial charge on any atom is 0.255 e. The van der Waals surface area contributed by atoms with E-state index in [4.69, 9.17) is 22.1 Å². The van der Waals surface area contributed by atoms with E-state index in [0.29, 0.717) is 22.6 Å². The van der Waals surface area contributed by atoms with Gasteiger partial charge in [-0.25, -0.2) is 0 Å². The molecule has 0 aliphatic heterocycles. The number of halogens is 1. The van der Waals surface area contributed by atoms with Crippen LogP contribution in [0, 0.1) is 0 Å². The van der Waals surface area contributed by atoms with Crippen molar-refractivity contribution in [2.45, 2.75) is 32.9 Å². The van der Waals surface area contributed by atoms with Gasteiger partial charge in [0.2, 0.25) is 0 Å². The number of rotatable bonds is 7. The first kappa shape index (κ1) is 20.6. The maximum absolute atomic E-state index is 12.5. The predicted octanol–water partition coefficient (Wildman–Crippen LogP) is 3.39. The molecule has 2 rings (SSSR count). The average molecular weight is 390 g/mol. The molecule has 0 saturated carbocycles. The minimum Gasteiger partial charge on any atom is -0.496 e. The van der Waals surface area contributed by atoms with Crippen LogP contribution < -0.4 is 21.1 Å². The van der Waals surface area contributed by atoms with E-state index < -0.39 is 0 Å². The summed E-state index contributed by atoms with van der Waals surface area (Å²) in [7, 11) is 1.46. The predicted molar refractivity (Wildman–Crippen MR) is 107 cm³/mol. The van der Waals surface area contributed by atoms with Crippen LogP contribution in [0.2, 0.25) is 5.02 Å². The zero-order valence-electron chi connectivity index (χ0n) is 15.6. The van der Waals surface area contributed by atoms with Gasteiger partial charge in [0.15, 0.2) is 0 Å². The van der Waals surface area contributed by atoms with E-state index in [2.05, 4.69) is 10.6 Å². The monoisotopic (exact) mass is 389 g/mol. The van der Waals surface area contributed by atoms with Gasteiger partial charge in [0.25, 0.3) is 11.8 Å². The summed E-state index contributed by atoms with van der Waals surface area (Å²) in [6.45, 7) is 4.22. The Morgan fingerprint density at radius 2 is 1.96 bits per heavy atom. The molecule has 0 fully saturated rings. The van der Waals surface area contributed by atoms with Crippen molar-refractivity contribution in [3.8, 4) is 5.75 Å². The summed E-state index contributed by atoms with van der Waals surface area (Å²) in [4.78, 5) is 24.7. The lowest BCUT2D eigenvalue weighted by atomic mass is 10.1. The fraction of sp³-hybridized carbons (Fsp3) is 0.300. The largest absolute Gasteiger partial charge is 0.496 e. The van der Waals surface area contributed by atoms with Crippen molar-refractivity contribution in [1.29, 1.82) is 0 Å². The topological polar surface area (TPSA) is 93.5 Å². The lowest BCUT2D eigenvalue weighted by molar-refractivity contribution is 0.0936. The molecule has 2 aromatic rings. The summed E-state index contributed by atoms with van der Waals surface area (Å²) in [5, 5.41) is 6.01. The van der Waals surface area contributed by atoms with E-state index in [1.807, 2.05) is 19.9 Å². The number of hydrogen-bond donors (Lipinski definition) is 3. The first-order valence-corrected chi connectivity index (χ1v) is 9.04. The zero-order valence-corrected chi connectivity index (χ0v) is 16.4. The van der Waals surface area contributed by atoms with Gasteiger partial charge in [-0.15, -0.1) is 0 Å². The molecule has 0 saturated heterocycles. The second kappa shape index (κ2) is 9.28. The van der Waals surface area contributed by atoms with E-state index in [0.717, 1.165) is 12.0 Å². The molecule has 0 aliphatic rings. The van der Waals surface area contributed by atoms with Crippen molar-refractivity contribution in [2.75, 3.05) is 12.8 Å². The molecule has 1 unspecified atom stereocenters. The summed E-state index contributed by atoms with van der Waals surface area (Å²) in [5.74, 6) is -0.135. The van der Waals surface area contributed by atoms with Crippen LogP contribution in [0.3, 0.4) is 0 Å². The number of nitrogens with one attached hydrogen (secondary N) is 2. The number of carbonyl (C=O) groups excluding carboxylic acids is 2. The summed E-state index contributed by atoms with van der Waals surface area (Å²) < 4.78 is 5.20. The number of ether oxygens (including phenoxy) is 1. The van der Waals surface area contributed by atoms with Crippen LogP contribution in [-0.4, -0.2) is 25.0 Å². The molecule has 1 atom stereocenters. The molecule has 0 spiro atoms. The number of hydrogen-bond acceptors (Lipinski definition) is 4. The highest BCUT2D eigenvalue weighted by molar-refractivity contribution is 6.33. The third-order valence-corrected chi connectivity index (χ3v) is 4.52. The van der Waals surface area contributed by atoms with Gasteiger partial charge in [0, 0.05) is 24.2 Å². The van der Waals surface area contributed by atoms with E-state index >= 15 is 0 Å². The highest BCUT2D eigenvalue weighted by atomic mass is 35.5. The summed E-state index contributed by atoms with van der Waals surface area (Å²) in [5.41, 5.74) is 7.73. The SMILES string of the molecule is CCC(C)NC(=O)c1cccc(CNC(=O)c2cc(Cl)c(N)cc2OC)c1. The zero-order chi connectivity index (χ0) is 20.0. The van der Waals surface area contributed by atoms with Crippen LogP contribution in [0.4, 0.5) is 5.69 Å². The molecular formula is C20H24ClN3O3. The first-order valence-electron chi connectivity index (χ1n) is 8.66. The number of nitrogens with two attached hydrogens (primary N) is 1. The molecule has 27 heavy (non-hydrogen) atoms. The lowest BCUT2D eigenvalue weighted by Gasteiger charge is -2.13. The number of methoxy groups -OCH3 is 1. The molecule has 0 radical (unpaired) electrons. The fourth-order valence-electron chi connectivity index (χ4n) is 2.42. The summed E-state index contributed by atoms with van der Waals surface area (Å²) >= 11 is 6.01. The number of anilines is 1. The van der Waals surface area contributed by atoms with E-state index in [1.165, 1.54) is 19.2 Å². The first-order chi connectivity index (χ1) is 12.8. The molecular weight excluding hydrogens is 366 g/mol. The Labute approximate surface area is 164 Å². The number of amides is 2. The Kier molecular flexibility index (Phi) is 7.07. The van der Waals surface area contributed by atoms with Gasteiger partial charge in [-0.2, -0.15) is 0 Å². The highest BCUT2D eigenvalue weighted by Gasteiger charge is 2.15. The second-order valence-corrected chi connectivity index (χ2v) is 6.65. The molecule has 6 nitrogen and oxygen atoms in total. The van der Waals surface area contributed by atoms with Gasteiger partial charge < -0.3 is 21.1 Å². The lowest BCUT2D eigenvalue weighted by Crippen LogP contribution is -2.32. The second-order valence-electron chi connectivity index (χ2n) is 6.24. The molecule has 0 aromatic heterocycles. The molecule has 0 bridgehead atoms. The molecule has 144 valence electrons. The average Bonchev–Trinajstić information content (AvgIpc) is 2.67. The standard InChI is InChI=1S/C20H24ClN3O3/c1-4-12(2)24-19(25)14-7-5-6-13(8-14)11-23-20(26)15-9-16(21)17(22)10-18(15)27-3/h5-10,12H,4,11,22H2,1-3H3,(H,23,26)(H,24,25). The number of nitrogen functional groups attached to an aromatic ring is 1.